The Balaban J connectivity index is 2.03. The molecule has 0 aliphatic heterocycles. The summed E-state index contributed by atoms with van der Waals surface area (Å²) in [4.78, 5) is 0. The van der Waals surface area contributed by atoms with Crippen molar-refractivity contribution in [2.24, 2.45) is 11.8 Å². The molecule has 5 nitrogen and oxygen atoms in total. The van der Waals surface area contributed by atoms with Crippen molar-refractivity contribution in [3.8, 4) is 11.4 Å². The second kappa shape index (κ2) is 5.47. The van der Waals surface area contributed by atoms with Gasteiger partial charge >= 0.3 is 0 Å². The quantitative estimate of drug-likeness (QED) is 0.860. The molecule has 5 heteroatoms. The Bertz CT molecular complexity index is 633. The van der Waals surface area contributed by atoms with E-state index >= 15 is 0 Å². The van der Waals surface area contributed by atoms with Crippen LogP contribution in [0.4, 0.5) is 5.69 Å². The maximum atomic E-state index is 6.13. The lowest BCUT2D eigenvalue weighted by Gasteiger charge is -2.34. The first-order valence-corrected chi connectivity index (χ1v) is 7.72. The SMILES string of the molecule is Cc1ccc(N)c(-c2nnnn2C2CCCC(C)C2C)c1. The molecular weight excluding hydrogens is 262 g/mol. The van der Waals surface area contributed by atoms with Gasteiger partial charge in [0, 0.05) is 11.3 Å². The molecule has 0 spiro atoms. The predicted octanol–water partition coefficient (Wildman–Crippen LogP) is 3.23. The van der Waals surface area contributed by atoms with E-state index in [0.29, 0.717) is 17.9 Å². The summed E-state index contributed by atoms with van der Waals surface area (Å²) in [6.07, 6.45) is 3.66. The van der Waals surface area contributed by atoms with Crippen molar-refractivity contribution in [3.63, 3.8) is 0 Å². The maximum Gasteiger partial charge on any atom is 0.184 e. The van der Waals surface area contributed by atoms with E-state index in [1.807, 2.05) is 16.8 Å². The lowest BCUT2D eigenvalue weighted by Crippen LogP contribution is -2.28. The second-order valence-corrected chi connectivity index (χ2v) is 6.37. The number of rotatable bonds is 2. The van der Waals surface area contributed by atoms with Crippen molar-refractivity contribution in [1.82, 2.24) is 20.2 Å². The molecule has 1 fully saturated rings. The average molecular weight is 285 g/mol. The summed E-state index contributed by atoms with van der Waals surface area (Å²) < 4.78 is 1.99. The number of aromatic nitrogens is 4. The Morgan fingerprint density at radius 2 is 2.05 bits per heavy atom. The van der Waals surface area contributed by atoms with Crippen LogP contribution in [-0.4, -0.2) is 20.2 Å². The van der Waals surface area contributed by atoms with Crippen LogP contribution in [0, 0.1) is 18.8 Å². The van der Waals surface area contributed by atoms with E-state index in [-0.39, 0.29) is 0 Å². The van der Waals surface area contributed by atoms with Gasteiger partial charge < -0.3 is 5.73 Å². The lowest BCUT2D eigenvalue weighted by atomic mass is 9.78. The first kappa shape index (κ1) is 14.0. The third-order valence-corrected chi connectivity index (χ3v) is 4.92. The minimum atomic E-state index is 0.360. The minimum Gasteiger partial charge on any atom is -0.398 e. The van der Waals surface area contributed by atoms with Crippen LogP contribution in [0.2, 0.25) is 0 Å². The first-order chi connectivity index (χ1) is 10.1. The number of aryl methyl sites for hydroxylation is 1. The van der Waals surface area contributed by atoms with Gasteiger partial charge in [0.15, 0.2) is 5.82 Å². The molecule has 3 rings (SSSR count). The highest BCUT2D eigenvalue weighted by molar-refractivity contribution is 5.72. The molecule has 3 atom stereocenters. The molecule has 3 unspecified atom stereocenters. The summed E-state index contributed by atoms with van der Waals surface area (Å²) >= 11 is 0. The molecule has 21 heavy (non-hydrogen) atoms. The van der Waals surface area contributed by atoms with Gasteiger partial charge in [-0.1, -0.05) is 38.3 Å². The molecule has 0 saturated heterocycles. The van der Waals surface area contributed by atoms with E-state index in [2.05, 4.69) is 42.4 Å². The minimum absolute atomic E-state index is 0.360. The van der Waals surface area contributed by atoms with E-state index in [0.717, 1.165) is 23.5 Å². The Morgan fingerprint density at radius 3 is 2.86 bits per heavy atom. The zero-order valence-electron chi connectivity index (χ0n) is 13.0. The monoisotopic (exact) mass is 285 g/mol. The summed E-state index contributed by atoms with van der Waals surface area (Å²) in [5, 5.41) is 12.4. The van der Waals surface area contributed by atoms with Crippen LogP contribution in [0.25, 0.3) is 11.4 Å². The molecule has 2 N–H and O–H groups in total. The fourth-order valence-corrected chi connectivity index (χ4v) is 3.36. The van der Waals surface area contributed by atoms with Gasteiger partial charge in [-0.05, 0) is 47.7 Å². The van der Waals surface area contributed by atoms with Gasteiger partial charge in [0.1, 0.15) is 0 Å². The van der Waals surface area contributed by atoms with Gasteiger partial charge in [0.25, 0.3) is 0 Å². The molecule has 1 aromatic heterocycles. The third-order valence-electron chi connectivity index (χ3n) is 4.92. The number of benzene rings is 1. The van der Waals surface area contributed by atoms with E-state index < -0.39 is 0 Å². The van der Waals surface area contributed by atoms with Crippen molar-refractivity contribution in [3.05, 3.63) is 23.8 Å². The summed E-state index contributed by atoms with van der Waals surface area (Å²) in [6.45, 7) is 6.68. The van der Waals surface area contributed by atoms with Gasteiger partial charge in [-0.2, -0.15) is 0 Å². The molecule has 112 valence electrons. The second-order valence-electron chi connectivity index (χ2n) is 6.37. The van der Waals surface area contributed by atoms with E-state index in [1.165, 1.54) is 18.4 Å². The van der Waals surface area contributed by atoms with Crippen molar-refractivity contribution >= 4 is 5.69 Å². The largest absolute Gasteiger partial charge is 0.398 e. The molecule has 1 saturated carbocycles. The van der Waals surface area contributed by atoms with Crippen LogP contribution in [0.15, 0.2) is 18.2 Å². The van der Waals surface area contributed by atoms with Crippen molar-refractivity contribution in [2.75, 3.05) is 5.73 Å². The Morgan fingerprint density at radius 1 is 1.24 bits per heavy atom. The molecule has 1 aliphatic rings. The molecule has 0 amide bonds. The number of nitrogens with zero attached hydrogens (tertiary/aromatic N) is 4. The number of tetrazole rings is 1. The number of nitrogens with two attached hydrogens (primary N) is 1. The first-order valence-electron chi connectivity index (χ1n) is 7.72. The third kappa shape index (κ3) is 2.52. The summed E-state index contributed by atoms with van der Waals surface area (Å²) in [6, 6.07) is 6.36. The fourth-order valence-electron chi connectivity index (χ4n) is 3.36. The molecule has 0 bridgehead atoms. The Hall–Kier alpha value is -1.91. The lowest BCUT2D eigenvalue weighted by molar-refractivity contribution is 0.174. The van der Waals surface area contributed by atoms with Gasteiger partial charge in [-0.15, -0.1) is 5.10 Å². The van der Waals surface area contributed by atoms with E-state index in [4.69, 9.17) is 5.73 Å². The van der Waals surface area contributed by atoms with Crippen molar-refractivity contribution in [1.29, 1.82) is 0 Å². The molecule has 1 heterocycles. The van der Waals surface area contributed by atoms with Crippen LogP contribution < -0.4 is 5.73 Å². The Labute approximate surface area is 125 Å². The molecule has 1 aromatic carbocycles. The Kier molecular flexibility index (Phi) is 3.66. The van der Waals surface area contributed by atoms with E-state index in [9.17, 15) is 0 Å². The summed E-state index contributed by atoms with van der Waals surface area (Å²) in [7, 11) is 0. The van der Waals surface area contributed by atoms with Gasteiger partial charge in [0.05, 0.1) is 6.04 Å². The predicted molar refractivity (Wildman–Crippen MR) is 83.6 cm³/mol. The fraction of sp³-hybridized carbons (Fsp3) is 0.562. The van der Waals surface area contributed by atoms with E-state index in [1.54, 1.807) is 0 Å². The number of nitrogen functional groups attached to an aromatic ring is 1. The smallest absolute Gasteiger partial charge is 0.184 e. The van der Waals surface area contributed by atoms with Crippen LogP contribution in [0.5, 0.6) is 0 Å². The summed E-state index contributed by atoms with van der Waals surface area (Å²) in [5.41, 5.74) is 8.96. The van der Waals surface area contributed by atoms with Gasteiger partial charge in [-0.25, -0.2) is 4.68 Å². The topological polar surface area (TPSA) is 69.6 Å². The van der Waals surface area contributed by atoms with Crippen LogP contribution in [0.3, 0.4) is 0 Å². The summed E-state index contributed by atoms with van der Waals surface area (Å²) in [5.74, 6) is 2.07. The maximum absolute atomic E-state index is 6.13. The van der Waals surface area contributed by atoms with Crippen molar-refractivity contribution in [2.45, 2.75) is 46.1 Å². The number of hydrogen-bond acceptors (Lipinski definition) is 4. The van der Waals surface area contributed by atoms with Gasteiger partial charge in [-0.3, -0.25) is 0 Å². The van der Waals surface area contributed by atoms with Crippen LogP contribution in [-0.2, 0) is 0 Å². The van der Waals surface area contributed by atoms with Gasteiger partial charge in [0.2, 0.25) is 0 Å². The van der Waals surface area contributed by atoms with Crippen LogP contribution in [0.1, 0.15) is 44.7 Å². The highest BCUT2D eigenvalue weighted by Gasteiger charge is 2.31. The molecule has 0 radical (unpaired) electrons. The standard InChI is InChI=1S/C16H23N5/c1-10-7-8-14(17)13(9-10)16-18-19-20-21(16)15-6-4-5-11(2)12(15)3/h7-9,11-12,15H,4-6,17H2,1-3H3. The normalized spacial score (nSPS) is 26.0. The molecule has 1 aliphatic carbocycles. The zero-order valence-corrected chi connectivity index (χ0v) is 13.0. The number of anilines is 1. The van der Waals surface area contributed by atoms with Crippen LogP contribution >= 0.6 is 0 Å². The highest BCUT2D eigenvalue weighted by atomic mass is 15.6. The molecule has 2 aromatic rings. The average Bonchev–Trinajstić information content (AvgIpc) is 2.93. The zero-order chi connectivity index (χ0) is 15.0. The number of hydrogen-bond donors (Lipinski definition) is 1. The molecular formula is C16H23N5. The van der Waals surface area contributed by atoms with Crippen molar-refractivity contribution < 1.29 is 0 Å². The highest BCUT2D eigenvalue weighted by Crippen LogP contribution is 2.39.